The first-order valence-corrected chi connectivity index (χ1v) is 5.19. The Morgan fingerprint density at radius 1 is 1.53 bits per heavy atom. The number of nitrogens with zero attached hydrogens (tertiary/aromatic N) is 1. The van der Waals surface area contributed by atoms with E-state index in [0.29, 0.717) is 6.54 Å². The van der Waals surface area contributed by atoms with E-state index in [1.165, 1.54) is 6.07 Å². The SMILES string of the molecule is CC#CCN1C(=O)Cc2cc(C(=O)O)ccc21. The van der Waals surface area contributed by atoms with E-state index in [-0.39, 0.29) is 17.9 Å². The second kappa shape index (κ2) is 4.30. The van der Waals surface area contributed by atoms with Crippen molar-refractivity contribution in [1.82, 2.24) is 0 Å². The highest BCUT2D eigenvalue weighted by atomic mass is 16.4. The summed E-state index contributed by atoms with van der Waals surface area (Å²) in [6, 6.07) is 4.72. The molecule has 0 bridgehead atoms. The molecule has 0 saturated heterocycles. The molecule has 4 nitrogen and oxygen atoms in total. The Balaban J connectivity index is 2.37. The molecule has 1 aliphatic rings. The quantitative estimate of drug-likeness (QED) is 0.777. The maximum atomic E-state index is 11.7. The molecule has 1 aromatic rings. The summed E-state index contributed by atoms with van der Waals surface area (Å²) in [5.41, 5.74) is 1.73. The van der Waals surface area contributed by atoms with E-state index >= 15 is 0 Å². The number of hydrogen-bond donors (Lipinski definition) is 1. The molecule has 1 aromatic carbocycles. The molecular formula is C13H11NO3. The van der Waals surface area contributed by atoms with Crippen LogP contribution in [0.1, 0.15) is 22.8 Å². The molecule has 0 aliphatic carbocycles. The number of aromatic carboxylic acids is 1. The number of carboxylic acids is 1. The number of anilines is 1. The topological polar surface area (TPSA) is 57.6 Å². The van der Waals surface area contributed by atoms with Gasteiger partial charge in [-0.25, -0.2) is 4.79 Å². The molecule has 1 heterocycles. The third kappa shape index (κ3) is 2.00. The summed E-state index contributed by atoms with van der Waals surface area (Å²) in [5.74, 6) is 4.56. The lowest BCUT2D eigenvalue weighted by molar-refractivity contribution is -0.117. The van der Waals surface area contributed by atoms with Crippen LogP contribution in [0.25, 0.3) is 0 Å². The highest BCUT2D eigenvalue weighted by Gasteiger charge is 2.27. The van der Waals surface area contributed by atoms with Gasteiger partial charge in [-0.3, -0.25) is 4.79 Å². The summed E-state index contributed by atoms with van der Waals surface area (Å²) in [5, 5.41) is 8.87. The largest absolute Gasteiger partial charge is 0.478 e. The molecule has 0 unspecified atom stereocenters. The van der Waals surface area contributed by atoms with Crippen LogP contribution in [0.4, 0.5) is 5.69 Å². The third-order valence-electron chi connectivity index (χ3n) is 2.67. The van der Waals surface area contributed by atoms with Gasteiger partial charge in [-0.05, 0) is 30.7 Å². The predicted molar refractivity (Wildman–Crippen MR) is 62.9 cm³/mol. The van der Waals surface area contributed by atoms with Crippen LogP contribution in [-0.2, 0) is 11.2 Å². The lowest BCUT2D eigenvalue weighted by Crippen LogP contribution is -2.26. The second-order valence-corrected chi connectivity index (χ2v) is 3.73. The van der Waals surface area contributed by atoms with Crippen LogP contribution >= 0.6 is 0 Å². The van der Waals surface area contributed by atoms with Gasteiger partial charge in [0.25, 0.3) is 0 Å². The average Bonchev–Trinajstić information content (AvgIpc) is 2.61. The lowest BCUT2D eigenvalue weighted by atomic mass is 10.1. The first kappa shape index (κ1) is 11.2. The van der Waals surface area contributed by atoms with Gasteiger partial charge < -0.3 is 10.0 Å². The molecular weight excluding hydrogens is 218 g/mol. The lowest BCUT2D eigenvalue weighted by Gasteiger charge is -2.13. The third-order valence-corrected chi connectivity index (χ3v) is 2.67. The van der Waals surface area contributed by atoms with E-state index in [1.54, 1.807) is 24.0 Å². The van der Waals surface area contributed by atoms with Gasteiger partial charge in [0, 0.05) is 5.69 Å². The van der Waals surface area contributed by atoms with E-state index in [0.717, 1.165) is 11.3 Å². The van der Waals surface area contributed by atoms with Crippen LogP contribution in [0.2, 0.25) is 0 Å². The number of benzene rings is 1. The highest BCUT2D eigenvalue weighted by Crippen LogP contribution is 2.29. The number of amides is 1. The fourth-order valence-corrected chi connectivity index (χ4v) is 1.85. The van der Waals surface area contributed by atoms with Crippen LogP contribution in [0.3, 0.4) is 0 Å². The summed E-state index contributed by atoms with van der Waals surface area (Å²) < 4.78 is 0. The van der Waals surface area contributed by atoms with E-state index < -0.39 is 5.97 Å². The highest BCUT2D eigenvalue weighted by molar-refractivity contribution is 6.02. The van der Waals surface area contributed by atoms with Crippen molar-refractivity contribution in [3.63, 3.8) is 0 Å². The molecule has 1 N–H and O–H groups in total. The van der Waals surface area contributed by atoms with Gasteiger partial charge in [0.05, 0.1) is 18.5 Å². The van der Waals surface area contributed by atoms with Crippen LogP contribution in [0.5, 0.6) is 0 Å². The molecule has 0 spiro atoms. The standard InChI is InChI=1S/C13H11NO3/c1-2-3-6-14-11-5-4-9(13(16)17)7-10(11)8-12(14)15/h4-5,7H,6,8H2,1H3,(H,16,17). The van der Waals surface area contributed by atoms with Crippen molar-refractivity contribution >= 4 is 17.6 Å². The van der Waals surface area contributed by atoms with Crippen molar-refractivity contribution in [3.8, 4) is 11.8 Å². The Bertz CT molecular complexity index is 552. The minimum absolute atomic E-state index is 0.0368. The molecule has 1 amide bonds. The van der Waals surface area contributed by atoms with Crippen LogP contribution in [0, 0.1) is 11.8 Å². The van der Waals surface area contributed by atoms with Gasteiger partial charge in [0.1, 0.15) is 0 Å². The summed E-state index contributed by atoms with van der Waals surface area (Å²) in [6.45, 7) is 2.07. The monoisotopic (exact) mass is 229 g/mol. The van der Waals surface area contributed by atoms with Crippen LogP contribution < -0.4 is 4.90 Å². The molecule has 0 fully saturated rings. The zero-order valence-corrected chi connectivity index (χ0v) is 9.36. The summed E-state index contributed by atoms with van der Waals surface area (Å²) >= 11 is 0. The van der Waals surface area contributed by atoms with Crippen molar-refractivity contribution in [1.29, 1.82) is 0 Å². The minimum atomic E-state index is -0.980. The second-order valence-electron chi connectivity index (χ2n) is 3.73. The van der Waals surface area contributed by atoms with E-state index in [4.69, 9.17) is 5.11 Å². The number of carbonyl (C=O) groups is 2. The minimum Gasteiger partial charge on any atom is -0.478 e. The van der Waals surface area contributed by atoms with Crippen molar-refractivity contribution in [2.24, 2.45) is 0 Å². The van der Waals surface area contributed by atoms with Gasteiger partial charge in [-0.15, -0.1) is 5.92 Å². The van der Waals surface area contributed by atoms with Gasteiger partial charge in [0.2, 0.25) is 5.91 Å². The van der Waals surface area contributed by atoms with Gasteiger partial charge in [-0.1, -0.05) is 5.92 Å². The zero-order valence-electron chi connectivity index (χ0n) is 9.36. The molecule has 4 heteroatoms. The van der Waals surface area contributed by atoms with E-state index in [1.807, 2.05) is 0 Å². The summed E-state index contributed by atoms with van der Waals surface area (Å²) in [6.07, 6.45) is 0.252. The van der Waals surface area contributed by atoms with Crippen LogP contribution in [-0.4, -0.2) is 23.5 Å². The Morgan fingerprint density at radius 2 is 2.29 bits per heavy atom. The van der Waals surface area contributed by atoms with Gasteiger partial charge in [-0.2, -0.15) is 0 Å². The predicted octanol–water partition coefficient (Wildman–Crippen LogP) is 1.30. The Hall–Kier alpha value is -2.28. The molecule has 0 radical (unpaired) electrons. The van der Waals surface area contributed by atoms with E-state index in [9.17, 15) is 9.59 Å². The molecule has 1 aliphatic heterocycles. The van der Waals surface area contributed by atoms with Crippen molar-refractivity contribution in [2.75, 3.05) is 11.4 Å². The van der Waals surface area contributed by atoms with Crippen LogP contribution in [0.15, 0.2) is 18.2 Å². The Labute approximate surface area is 98.9 Å². The molecule has 0 saturated carbocycles. The first-order valence-electron chi connectivity index (χ1n) is 5.19. The van der Waals surface area contributed by atoms with Crippen molar-refractivity contribution in [3.05, 3.63) is 29.3 Å². The number of fused-ring (bicyclic) bond motifs is 1. The fraction of sp³-hybridized carbons (Fsp3) is 0.231. The molecule has 0 atom stereocenters. The molecule has 2 rings (SSSR count). The number of hydrogen-bond acceptors (Lipinski definition) is 2. The molecule has 0 aromatic heterocycles. The zero-order chi connectivity index (χ0) is 12.4. The Kier molecular flexibility index (Phi) is 2.84. The maximum absolute atomic E-state index is 11.7. The van der Waals surface area contributed by atoms with Crippen molar-refractivity contribution < 1.29 is 14.7 Å². The number of carbonyl (C=O) groups excluding carboxylic acids is 1. The summed E-state index contributed by atoms with van der Waals surface area (Å²) in [4.78, 5) is 24.1. The van der Waals surface area contributed by atoms with E-state index in [2.05, 4.69) is 11.8 Å². The number of rotatable bonds is 2. The first-order chi connectivity index (χ1) is 8.13. The summed E-state index contributed by atoms with van der Waals surface area (Å²) in [7, 11) is 0. The maximum Gasteiger partial charge on any atom is 0.335 e. The van der Waals surface area contributed by atoms with Crippen molar-refractivity contribution in [2.45, 2.75) is 13.3 Å². The number of carboxylic acid groups (broad SMARTS) is 1. The Morgan fingerprint density at radius 3 is 2.94 bits per heavy atom. The molecule has 86 valence electrons. The normalized spacial score (nSPS) is 13.0. The van der Waals surface area contributed by atoms with Gasteiger partial charge in [0.15, 0.2) is 0 Å². The average molecular weight is 229 g/mol. The fourth-order valence-electron chi connectivity index (χ4n) is 1.85. The molecule has 17 heavy (non-hydrogen) atoms. The smallest absolute Gasteiger partial charge is 0.335 e. The van der Waals surface area contributed by atoms with Gasteiger partial charge >= 0.3 is 5.97 Å².